The van der Waals surface area contributed by atoms with E-state index in [1.54, 1.807) is 12.1 Å². The van der Waals surface area contributed by atoms with Gasteiger partial charge in [-0.15, -0.1) is 11.3 Å². The molecule has 0 bridgehead atoms. The van der Waals surface area contributed by atoms with E-state index in [9.17, 15) is 9.18 Å². The van der Waals surface area contributed by atoms with Crippen molar-refractivity contribution < 1.29 is 14.0 Å². The fourth-order valence-electron chi connectivity index (χ4n) is 2.53. The van der Waals surface area contributed by atoms with Crippen LogP contribution in [0.3, 0.4) is 0 Å². The van der Waals surface area contributed by atoms with Crippen molar-refractivity contribution in [3.63, 3.8) is 0 Å². The maximum atomic E-state index is 13.0. The summed E-state index contributed by atoms with van der Waals surface area (Å²) < 4.78 is 13.7. The van der Waals surface area contributed by atoms with Crippen LogP contribution in [0.2, 0.25) is 0 Å². The van der Waals surface area contributed by atoms with E-state index >= 15 is 0 Å². The molecule has 0 atom stereocenters. The highest BCUT2D eigenvalue weighted by Crippen LogP contribution is 2.15. The molecule has 6 nitrogen and oxygen atoms in total. The molecular weight excluding hydrogens is 355 g/mol. The summed E-state index contributed by atoms with van der Waals surface area (Å²) in [5, 5.41) is 4.20. The summed E-state index contributed by atoms with van der Waals surface area (Å²) in [5.74, 6) is 0.433. The van der Waals surface area contributed by atoms with Gasteiger partial charge >= 0.3 is 0 Å². The quantitative estimate of drug-likeness (QED) is 0.843. The molecule has 1 aliphatic rings. The molecule has 1 aromatic heterocycles. The normalized spacial score (nSPS) is 15.9. The van der Waals surface area contributed by atoms with Crippen LogP contribution in [-0.4, -0.2) is 22.3 Å². The Balaban J connectivity index is 1.90. The van der Waals surface area contributed by atoms with E-state index in [-0.39, 0.29) is 11.7 Å². The average molecular weight is 374 g/mol. The number of nitrogens with one attached hydrogen (secondary N) is 2. The molecular formula is C18H19FN4O2S. The van der Waals surface area contributed by atoms with Gasteiger partial charge in [-0.3, -0.25) is 4.79 Å². The van der Waals surface area contributed by atoms with Gasteiger partial charge in [0, 0.05) is 13.3 Å². The number of halogens is 1. The molecule has 0 aliphatic carbocycles. The largest absolute Gasteiger partial charge is 0.359 e. The third-order valence-electron chi connectivity index (χ3n) is 3.74. The van der Waals surface area contributed by atoms with E-state index < -0.39 is 5.54 Å². The van der Waals surface area contributed by atoms with Gasteiger partial charge in [-0.05, 0) is 31.5 Å². The van der Waals surface area contributed by atoms with Crippen LogP contribution >= 0.6 is 11.3 Å². The number of aromatic nitrogens is 1. The Morgan fingerprint density at radius 2 is 2.08 bits per heavy atom. The SMILES string of the molecule is C=c1nc(Cc2ccc(F)cc2)sc1=C1N=C(C(C)(C)NC(C)=O)NO1. The molecule has 0 saturated carbocycles. The summed E-state index contributed by atoms with van der Waals surface area (Å²) in [5.41, 5.74) is 3.01. The molecule has 0 fully saturated rings. The maximum Gasteiger partial charge on any atom is 0.267 e. The minimum Gasteiger partial charge on any atom is -0.359 e. The zero-order valence-electron chi connectivity index (χ0n) is 14.7. The van der Waals surface area contributed by atoms with Crippen molar-refractivity contribution in [1.29, 1.82) is 0 Å². The Morgan fingerprint density at radius 1 is 1.38 bits per heavy atom. The summed E-state index contributed by atoms with van der Waals surface area (Å²) in [6.07, 6.45) is 0.572. The number of hydroxylamine groups is 1. The molecule has 26 heavy (non-hydrogen) atoms. The first-order valence-electron chi connectivity index (χ1n) is 7.99. The summed E-state index contributed by atoms with van der Waals surface area (Å²) >= 11 is 1.42. The van der Waals surface area contributed by atoms with Crippen molar-refractivity contribution in [3.8, 4) is 0 Å². The second-order valence-electron chi connectivity index (χ2n) is 6.46. The van der Waals surface area contributed by atoms with Crippen LogP contribution in [0.25, 0.3) is 12.5 Å². The second-order valence-corrected chi connectivity index (χ2v) is 7.55. The predicted molar refractivity (Wildman–Crippen MR) is 99.1 cm³/mol. The number of aliphatic imine (C=N–C) groups is 1. The van der Waals surface area contributed by atoms with Crippen molar-refractivity contribution in [2.75, 3.05) is 0 Å². The van der Waals surface area contributed by atoms with E-state index in [1.165, 1.54) is 30.4 Å². The van der Waals surface area contributed by atoms with Gasteiger partial charge in [0.2, 0.25) is 5.91 Å². The first-order valence-corrected chi connectivity index (χ1v) is 8.80. The first-order chi connectivity index (χ1) is 12.2. The van der Waals surface area contributed by atoms with E-state index in [0.717, 1.165) is 10.6 Å². The molecule has 3 rings (SSSR count). The van der Waals surface area contributed by atoms with Crippen molar-refractivity contribution in [3.05, 3.63) is 50.5 Å². The number of nitrogens with zero attached hydrogens (tertiary/aromatic N) is 2. The zero-order chi connectivity index (χ0) is 18.9. The third kappa shape index (κ3) is 3.91. The molecule has 136 valence electrons. The molecule has 0 radical (unpaired) electrons. The Morgan fingerprint density at radius 3 is 2.73 bits per heavy atom. The minimum atomic E-state index is -0.698. The third-order valence-corrected chi connectivity index (χ3v) is 4.83. The lowest BCUT2D eigenvalue weighted by molar-refractivity contribution is -0.119. The fourth-order valence-corrected chi connectivity index (χ4v) is 3.50. The summed E-state index contributed by atoms with van der Waals surface area (Å²) in [7, 11) is 0. The standard InChI is InChI=1S/C18H19FN4O2S/c1-10-15(16-21-17(23-25-16)18(3,4)22-11(2)24)26-14(20-10)9-12-5-7-13(19)8-6-12/h5-8H,1,9H2,2-4H3,(H,21,23)(H,22,24). The monoisotopic (exact) mass is 374 g/mol. The number of carbonyl (C=O) groups is 1. The van der Waals surface area contributed by atoms with Gasteiger partial charge in [-0.1, -0.05) is 18.7 Å². The van der Waals surface area contributed by atoms with Crippen molar-refractivity contribution in [2.24, 2.45) is 4.99 Å². The molecule has 0 unspecified atom stereocenters. The number of rotatable bonds is 4. The molecule has 1 aromatic carbocycles. The molecule has 0 spiro atoms. The van der Waals surface area contributed by atoms with Gasteiger partial charge in [0.1, 0.15) is 10.3 Å². The minimum absolute atomic E-state index is 0.162. The maximum absolute atomic E-state index is 13.0. The molecule has 2 N–H and O–H groups in total. The molecule has 2 heterocycles. The number of hydrogen-bond donors (Lipinski definition) is 2. The van der Waals surface area contributed by atoms with Crippen molar-refractivity contribution in [1.82, 2.24) is 15.8 Å². The smallest absolute Gasteiger partial charge is 0.267 e. The van der Waals surface area contributed by atoms with Gasteiger partial charge < -0.3 is 10.2 Å². The molecule has 1 amide bonds. The highest BCUT2D eigenvalue weighted by molar-refractivity contribution is 7.09. The number of thiazole rings is 1. The highest BCUT2D eigenvalue weighted by Gasteiger charge is 2.31. The van der Waals surface area contributed by atoms with E-state index in [4.69, 9.17) is 4.84 Å². The van der Waals surface area contributed by atoms with Crippen molar-refractivity contribution in [2.45, 2.75) is 32.7 Å². The van der Waals surface area contributed by atoms with Gasteiger partial charge in [-0.25, -0.2) is 14.9 Å². The van der Waals surface area contributed by atoms with Crippen molar-refractivity contribution >= 4 is 35.5 Å². The lowest BCUT2D eigenvalue weighted by Crippen LogP contribution is -2.52. The van der Waals surface area contributed by atoms with Crippen LogP contribution in [0, 0.1) is 5.82 Å². The molecule has 2 aromatic rings. The van der Waals surface area contributed by atoms with Gasteiger partial charge in [-0.2, -0.15) is 4.99 Å². The van der Waals surface area contributed by atoms with E-state index in [2.05, 4.69) is 27.4 Å². The lowest BCUT2D eigenvalue weighted by atomic mass is 10.0. The molecule has 8 heteroatoms. The van der Waals surface area contributed by atoms with Crippen LogP contribution in [0.5, 0.6) is 0 Å². The van der Waals surface area contributed by atoms with Gasteiger partial charge in [0.05, 0.1) is 15.9 Å². The molecule has 1 aliphatic heterocycles. The summed E-state index contributed by atoms with van der Waals surface area (Å²) in [6.45, 7) is 9.04. The number of amides is 1. The average Bonchev–Trinajstić information content (AvgIpc) is 3.15. The predicted octanol–water partition coefficient (Wildman–Crippen LogP) is 1.20. The van der Waals surface area contributed by atoms with E-state index in [0.29, 0.717) is 28.0 Å². The molecule has 0 saturated heterocycles. The summed E-state index contributed by atoms with van der Waals surface area (Å²) in [6, 6.07) is 6.31. The van der Waals surface area contributed by atoms with Gasteiger partial charge in [0.15, 0.2) is 5.84 Å². The Bertz CT molecular complexity index is 980. The highest BCUT2D eigenvalue weighted by atomic mass is 32.1. The van der Waals surface area contributed by atoms with Crippen LogP contribution < -0.4 is 20.7 Å². The summed E-state index contributed by atoms with van der Waals surface area (Å²) in [4.78, 5) is 25.7. The van der Waals surface area contributed by atoms with Crippen LogP contribution in [0.1, 0.15) is 31.3 Å². The topological polar surface area (TPSA) is 75.6 Å². The Labute approximate surface area is 154 Å². The van der Waals surface area contributed by atoms with Crippen LogP contribution in [0.15, 0.2) is 29.3 Å². The Hall–Kier alpha value is -2.74. The van der Waals surface area contributed by atoms with Crippen LogP contribution in [-0.2, 0) is 16.1 Å². The first kappa shape index (κ1) is 18.1. The second kappa shape index (κ2) is 6.87. The number of amidine groups is 1. The zero-order valence-corrected chi connectivity index (χ0v) is 15.5. The van der Waals surface area contributed by atoms with E-state index in [1.807, 2.05) is 13.8 Å². The number of benzene rings is 1. The lowest BCUT2D eigenvalue weighted by Gasteiger charge is -2.24. The number of hydrogen-bond acceptors (Lipinski definition) is 6. The van der Waals surface area contributed by atoms with Crippen LogP contribution in [0.4, 0.5) is 4.39 Å². The number of carbonyl (C=O) groups excluding carboxylic acids is 1. The van der Waals surface area contributed by atoms with Gasteiger partial charge in [0.25, 0.3) is 5.88 Å². The Kier molecular flexibility index (Phi) is 4.78. The fraction of sp³-hybridized carbons (Fsp3) is 0.278.